The van der Waals surface area contributed by atoms with Gasteiger partial charge in [0.05, 0.1) is 25.3 Å². The number of hydrogen-bond donors (Lipinski definition) is 4. The van der Waals surface area contributed by atoms with E-state index in [1.165, 1.54) is 6.07 Å². The molecule has 3 aromatic carbocycles. The highest BCUT2D eigenvalue weighted by Gasteiger charge is 2.17. The van der Waals surface area contributed by atoms with E-state index in [4.69, 9.17) is 0 Å². The molecule has 0 aromatic heterocycles. The molecule has 2 atom stereocenters. The first-order valence-corrected chi connectivity index (χ1v) is 10.6. The van der Waals surface area contributed by atoms with E-state index in [9.17, 15) is 19.8 Å². The van der Waals surface area contributed by atoms with Gasteiger partial charge in [0.25, 0.3) is 11.8 Å². The lowest BCUT2D eigenvalue weighted by molar-refractivity contribution is 0.0916. The highest BCUT2D eigenvalue weighted by atomic mass is 16.3. The Hall–Kier alpha value is -3.48. The molecule has 0 spiro atoms. The molecule has 0 fully saturated rings. The van der Waals surface area contributed by atoms with Crippen LogP contribution in [0.1, 0.15) is 31.8 Å². The van der Waals surface area contributed by atoms with E-state index >= 15 is 0 Å². The van der Waals surface area contributed by atoms with Crippen molar-refractivity contribution in [2.75, 3.05) is 13.2 Å². The van der Waals surface area contributed by atoms with Gasteiger partial charge in [0.2, 0.25) is 0 Å². The maximum absolute atomic E-state index is 12.7. The van der Waals surface area contributed by atoms with Crippen molar-refractivity contribution in [2.24, 2.45) is 0 Å². The molecule has 0 aliphatic heterocycles. The molecule has 3 rings (SSSR count). The monoisotopic (exact) mass is 432 g/mol. The lowest BCUT2D eigenvalue weighted by Gasteiger charge is -2.18. The van der Waals surface area contributed by atoms with Crippen molar-refractivity contribution < 1.29 is 19.8 Å². The third kappa shape index (κ3) is 6.77. The number of amides is 2. The van der Waals surface area contributed by atoms with Gasteiger partial charge in [-0.3, -0.25) is 9.59 Å². The number of aliphatic hydroxyl groups excluding tert-OH is 2. The second-order valence-electron chi connectivity index (χ2n) is 7.67. The predicted molar refractivity (Wildman–Crippen MR) is 123 cm³/mol. The Morgan fingerprint density at radius 2 is 1.03 bits per heavy atom. The zero-order chi connectivity index (χ0) is 22.8. The minimum absolute atomic E-state index is 0.196. The molecule has 4 N–H and O–H groups in total. The number of nitrogens with one attached hydrogen (secondary N) is 2. The van der Waals surface area contributed by atoms with Gasteiger partial charge < -0.3 is 20.8 Å². The Labute approximate surface area is 187 Å². The van der Waals surface area contributed by atoms with Crippen molar-refractivity contribution >= 4 is 11.8 Å². The highest BCUT2D eigenvalue weighted by Crippen LogP contribution is 2.09. The van der Waals surface area contributed by atoms with Crippen molar-refractivity contribution in [3.05, 3.63) is 107 Å². The summed E-state index contributed by atoms with van der Waals surface area (Å²) in [6, 6.07) is 24.7. The van der Waals surface area contributed by atoms with E-state index in [2.05, 4.69) is 10.6 Å². The van der Waals surface area contributed by atoms with Crippen LogP contribution in [-0.2, 0) is 12.8 Å². The summed E-state index contributed by atoms with van der Waals surface area (Å²) >= 11 is 0. The van der Waals surface area contributed by atoms with Crippen molar-refractivity contribution in [1.82, 2.24) is 10.6 Å². The minimum Gasteiger partial charge on any atom is -0.394 e. The molecule has 0 unspecified atom stereocenters. The van der Waals surface area contributed by atoms with Gasteiger partial charge in [-0.2, -0.15) is 0 Å². The normalized spacial score (nSPS) is 12.6. The zero-order valence-electron chi connectivity index (χ0n) is 17.8. The van der Waals surface area contributed by atoms with Crippen LogP contribution >= 0.6 is 0 Å². The summed E-state index contributed by atoms with van der Waals surface area (Å²) in [5.74, 6) is -0.727. The average Bonchev–Trinajstić information content (AvgIpc) is 2.84. The van der Waals surface area contributed by atoms with Gasteiger partial charge in [-0.1, -0.05) is 66.7 Å². The van der Waals surface area contributed by atoms with E-state index in [0.717, 1.165) is 11.1 Å². The minimum atomic E-state index is -0.438. The average molecular weight is 433 g/mol. The maximum Gasteiger partial charge on any atom is 0.251 e. The second kappa shape index (κ2) is 11.8. The number of carbonyl (C=O) groups excluding carboxylic acids is 2. The van der Waals surface area contributed by atoms with Gasteiger partial charge in [0.1, 0.15) is 0 Å². The van der Waals surface area contributed by atoms with Crippen molar-refractivity contribution in [1.29, 1.82) is 0 Å². The fourth-order valence-electron chi connectivity index (χ4n) is 3.46. The molecule has 0 saturated carbocycles. The van der Waals surface area contributed by atoms with E-state index in [1.807, 2.05) is 60.7 Å². The molecule has 0 bridgehead atoms. The Balaban J connectivity index is 1.62. The van der Waals surface area contributed by atoms with Crippen molar-refractivity contribution in [2.45, 2.75) is 24.9 Å². The molecule has 0 aliphatic carbocycles. The van der Waals surface area contributed by atoms with Gasteiger partial charge in [0, 0.05) is 11.1 Å². The first kappa shape index (κ1) is 23.2. The van der Waals surface area contributed by atoms with Crippen LogP contribution in [-0.4, -0.2) is 47.3 Å². The molecule has 3 aromatic rings. The first-order valence-electron chi connectivity index (χ1n) is 10.6. The Kier molecular flexibility index (Phi) is 8.54. The number of benzene rings is 3. The zero-order valence-corrected chi connectivity index (χ0v) is 17.8. The summed E-state index contributed by atoms with van der Waals surface area (Å²) in [6.07, 6.45) is 1.00. The Morgan fingerprint density at radius 3 is 1.41 bits per heavy atom. The molecule has 0 aliphatic rings. The van der Waals surface area contributed by atoms with E-state index in [-0.39, 0.29) is 25.0 Å². The number of hydrogen-bond acceptors (Lipinski definition) is 4. The molecule has 166 valence electrons. The van der Waals surface area contributed by atoms with Crippen LogP contribution in [0.15, 0.2) is 84.9 Å². The second-order valence-corrected chi connectivity index (χ2v) is 7.67. The molecular formula is C26H28N2O4. The number of carbonyl (C=O) groups is 2. The van der Waals surface area contributed by atoms with Crippen molar-refractivity contribution in [3.63, 3.8) is 0 Å². The molecule has 0 saturated heterocycles. The summed E-state index contributed by atoms with van der Waals surface area (Å²) < 4.78 is 0. The standard InChI is InChI=1S/C26H28N2O4/c29-17-23(14-19-8-3-1-4-9-19)27-25(31)21-12-7-13-22(16-21)26(32)28-24(18-30)15-20-10-5-2-6-11-20/h1-13,16,23-24,29-30H,14-15,17-18H2,(H,27,31)(H,28,32)/t23-,24-/m0/s1. The van der Waals surface area contributed by atoms with Crippen molar-refractivity contribution in [3.8, 4) is 0 Å². The quantitative estimate of drug-likeness (QED) is 0.395. The topological polar surface area (TPSA) is 98.7 Å². The smallest absolute Gasteiger partial charge is 0.251 e. The molecular weight excluding hydrogens is 404 g/mol. The van der Waals surface area contributed by atoms with E-state index in [0.29, 0.717) is 24.0 Å². The summed E-state index contributed by atoms with van der Waals surface area (Å²) in [5, 5.41) is 25.0. The Bertz CT molecular complexity index is 930. The fraction of sp³-hybridized carbons (Fsp3) is 0.231. The van der Waals surface area contributed by atoms with Crippen LogP contribution in [0.5, 0.6) is 0 Å². The summed E-state index contributed by atoms with van der Waals surface area (Å²) in [6.45, 7) is -0.392. The predicted octanol–water partition coefficient (Wildman–Crippen LogP) is 2.35. The van der Waals surface area contributed by atoms with Crippen LogP contribution in [0.25, 0.3) is 0 Å². The lowest BCUT2D eigenvalue weighted by atomic mass is 10.0. The third-order valence-electron chi connectivity index (χ3n) is 5.15. The molecule has 32 heavy (non-hydrogen) atoms. The molecule has 0 radical (unpaired) electrons. The van der Waals surface area contributed by atoms with E-state index < -0.39 is 12.1 Å². The highest BCUT2D eigenvalue weighted by molar-refractivity contribution is 5.99. The molecule has 6 nitrogen and oxygen atoms in total. The van der Waals surface area contributed by atoms with Gasteiger partial charge in [-0.05, 0) is 42.2 Å². The van der Waals surface area contributed by atoms with Crippen LogP contribution < -0.4 is 10.6 Å². The van der Waals surface area contributed by atoms with Crippen LogP contribution in [0.2, 0.25) is 0 Å². The summed E-state index contributed by atoms with van der Waals surface area (Å²) in [5.41, 5.74) is 2.67. The molecule has 0 heterocycles. The SMILES string of the molecule is O=C(N[C@H](CO)Cc1ccccc1)c1cccc(C(=O)N[C@H](CO)Cc2ccccc2)c1. The summed E-state index contributed by atoms with van der Waals surface area (Å²) in [4.78, 5) is 25.4. The largest absolute Gasteiger partial charge is 0.394 e. The van der Waals surface area contributed by atoms with Gasteiger partial charge in [0.15, 0.2) is 0 Å². The maximum atomic E-state index is 12.7. The fourth-order valence-corrected chi connectivity index (χ4v) is 3.46. The number of rotatable bonds is 10. The first-order chi connectivity index (χ1) is 15.6. The van der Waals surface area contributed by atoms with E-state index in [1.54, 1.807) is 18.2 Å². The Morgan fingerprint density at radius 1 is 0.625 bits per heavy atom. The van der Waals surface area contributed by atoms with Gasteiger partial charge in [-0.15, -0.1) is 0 Å². The number of aliphatic hydroxyl groups is 2. The third-order valence-corrected chi connectivity index (χ3v) is 5.15. The lowest BCUT2D eigenvalue weighted by Crippen LogP contribution is -2.40. The van der Waals surface area contributed by atoms with Gasteiger partial charge in [-0.25, -0.2) is 0 Å². The summed E-state index contributed by atoms with van der Waals surface area (Å²) in [7, 11) is 0. The van der Waals surface area contributed by atoms with Gasteiger partial charge >= 0.3 is 0 Å². The van der Waals surface area contributed by atoms with Crippen LogP contribution in [0, 0.1) is 0 Å². The van der Waals surface area contributed by atoms with Crippen LogP contribution in [0.4, 0.5) is 0 Å². The molecule has 2 amide bonds. The molecule has 6 heteroatoms. The van der Waals surface area contributed by atoms with Crippen LogP contribution in [0.3, 0.4) is 0 Å².